The molecule has 0 atom stereocenters. The van der Waals surface area contributed by atoms with Crippen molar-refractivity contribution in [1.82, 2.24) is 19.9 Å². The summed E-state index contributed by atoms with van der Waals surface area (Å²) in [5.74, 6) is 0.823. The summed E-state index contributed by atoms with van der Waals surface area (Å²) in [7, 11) is 0. The number of anilines is 1. The molecular weight excluding hydrogens is 354 g/mol. The summed E-state index contributed by atoms with van der Waals surface area (Å²) in [6.45, 7) is 4.51. The number of carbonyl (C=O) groups is 1. The predicted octanol–water partition coefficient (Wildman–Crippen LogP) is 3.00. The molecule has 1 fully saturated rings. The number of carbonyl (C=O) groups excluding carboxylic acids is 1. The van der Waals surface area contributed by atoms with Gasteiger partial charge < -0.3 is 9.80 Å². The normalized spacial score (nSPS) is 14.8. The van der Waals surface area contributed by atoms with E-state index < -0.39 is 0 Å². The van der Waals surface area contributed by atoms with Crippen LogP contribution in [0.25, 0.3) is 21.8 Å². The molecule has 6 nitrogen and oxygen atoms in total. The number of aromatic nitrogens is 3. The second kappa shape index (κ2) is 6.89. The van der Waals surface area contributed by atoms with Crippen LogP contribution in [0.15, 0.2) is 34.6 Å². The largest absolute Gasteiger partial charge is 0.339 e. The van der Waals surface area contributed by atoms with Gasteiger partial charge in [-0.3, -0.25) is 4.79 Å². The Hall–Kier alpha value is -2.32. The molecule has 1 aliphatic rings. The maximum absolute atomic E-state index is 11.5. The van der Waals surface area contributed by atoms with E-state index in [1.165, 1.54) is 0 Å². The highest BCUT2D eigenvalue weighted by Crippen LogP contribution is 2.33. The summed E-state index contributed by atoms with van der Waals surface area (Å²) >= 11 is 3.23. The molecule has 0 aliphatic carbocycles. The zero-order valence-electron chi connectivity index (χ0n) is 13.8. The van der Waals surface area contributed by atoms with E-state index in [1.807, 2.05) is 16.5 Å². The third kappa shape index (κ3) is 3.27. The molecule has 3 aromatic rings. The zero-order valence-corrected chi connectivity index (χ0v) is 15.4. The van der Waals surface area contributed by atoms with Crippen LogP contribution in [-0.2, 0) is 4.79 Å². The van der Waals surface area contributed by atoms with Crippen LogP contribution in [0.5, 0.6) is 0 Å². The van der Waals surface area contributed by atoms with E-state index in [0.29, 0.717) is 19.0 Å². The highest BCUT2D eigenvalue weighted by Gasteiger charge is 2.22. The minimum atomic E-state index is 0.122. The molecule has 0 saturated carbocycles. The van der Waals surface area contributed by atoms with Crippen LogP contribution in [0, 0.1) is 0 Å². The highest BCUT2D eigenvalue weighted by atomic mass is 32.1. The number of nitrogens with zero attached hydrogens (tertiary/aromatic N) is 5. The van der Waals surface area contributed by atoms with Crippen molar-refractivity contribution in [3.05, 3.63) is 34.6 Å². The number of hydrogen-bond acceptors (Lipinski definition) is 7. The lowest BCUT2D eigenvalue weighted by molar-refractivity contribution is -0.129. The van der Waals surface area contributed by atoms with Gasteiger partial charge in [-0.05, 0) is 22.4 Å². The van der Waals surface area contributed by atoms with Crippen molar-refractivity contribution in [1.29, 1.82) is 0 Å². The van der Waals surface area contributed by atoms with Gasteiger partial charge in [0.05, 0.1) is 0 Å². The topological polar surface area (TPSA) is 62.2 Å². The summed E-state index contributed by atoms with van der Waals surface area (Å²) < 4.78 is 0. The van der Waals surface area contributed by atoms with E-state index in [4.69, 9.17) is 4.98 Å². The molecule has 0 bridgehead atoms. The van der Waals surface area contributed by atoms with Gasteiger partial charge in [0.2, 0.25) is 11.9 Å². The zero-order chi connectivity index (χ0) is 17.2. The minimum absolute atomic E-state index is 0.122. The third-order valence-corrected chi connectivity index (χ3v) is 5.71. The second-order valence-electron chi connectivity index (χ2n) is 5.77. The van der Waals surface area contributed by atoms with Crippen molar-refractivity contribution in [2.24, 2.45) is 0 Å². The molecule has 0 aromatic carbocycles. The highest BCUT2D eigenvalue weighted by molar-refractivity contribution is 7.13. The Balaban J connectivity index is 1.67. The monoisotopic (exact) mass is 371 g/mol. The number of thiazole rings is 1. The first-order chi connectivity index (χ1) is 12.2. The SMILES string of the molecule is CC(=O)N1CCN(c2ncc(-c3ccsc3)c(-c3nccs3)n2)CC1. The van der Waals surface area contributed by atoms with Crippen LogP contribution >= 0.6 is 22.7 Å². The van der Waals surface area contributed by atoms with Crippen LogP contribution in [-0.4, -0.2) is 51.9 Å². The average Bonchev–Trinajstić information content (AvgIpc) is 3.35. The van der Waals surface area contributed by atoms with Gasteiger partial charge in [0.15, 0.2) is 0 Å². The first kappa shape index (κ1) is 16.2. The lowest BCUT2D eigenvalue weighted by Gasteiger charge is -2.34. The lowest BCUT2D eigenvalue weighted by atomic mass is 10.1. The van der Waals surface area contributed by atoms with E-state index >= 15 is 0 Å². The van der Waals surface area contributed by atoms with E-state index in [-0.39, 0.29) is 5.91 Å². The maximum Gasteiger partial charge on any atom is 0.226 e. The van der Waals surface area contributed by atoms with Crippen LogP contribution in [0.1, 0.15) is 6.92 Å². The van der Waals surface area contributed by atoms with Gasteiger partial charge in [-0.15, -0.1) is 11.3 Å². The van der Waals surface area contributed by atoms with Gasteiger partial charge in [0, 0.05) is 56.4 Å². The number of amides is 1. The third-order valence-electron chi connectivity index (χ3n) is 4.25. The molecule has 1 aliphatic heterocycles. The Morgan fingerprint density at radius 2 is 2.00 bits per heavy atom. The maximum atomic E-state index is 11.5. The van der Waals surface area contributed by atoms with Gasteiger partial charge in [-0.2, -0.15) is 11.3 Å². The molecule has 0 N–H and O–H groups in total. The standard InChI is InChI=1S/C17H17N5OS2/c1-12(23)21-4-6-22(7-5-21)17-19-10-14(13-2-8-24-11-13)15(20-17)16-18-3-9-25-16/h2-3,8-11H,4-7H2,1H3. The van der Waals surface area contributed by atoms with Crippen LogP contribution in [0.2, 0.25) is 0 Å². The fourth-order valence-corrected chi connectivity index (χ4v) is 4.17. The predicted molar refractivity (Wildman–Crippen MR) is 101 cm³/mol. The molecule has 128 valence electrons. The molecule has 0 spiro atoms. The van der Waals surface area contributed by atoms with Crippen molar-refractivity contribution in [3.8, 4) is 21.8 Å². The van der Waals surface area contributed by atoms with Crippen molar-refractivity contribution >= 4 is 34.5 Å². The molecular formula is C17H17N5OS2. The summed E-state index contributed by atoms with van der Waals surface area (Å²) in [5.41, 5.74) is 2.98. The number of piperazine rings is 1. The van der Waals surface area contributed by atoms with Gasteiger partial charge in [-0.1, -0.05) is 0 Å². The number of hydrogen-bond donors (Lipinski definition) is 0. The Labute approximate surface area is 153 Å². The van der Waals surface area contributed by atoms with Crippen LogP contribution in [0.4, 0.5) is 5.95 Å². The fourth-order valence-electron chi connectivity index (χ4n) is 2.88. The summed E-state index contributed by atoms with van der Waals surface area (Å²) in [6, 6.07) is 2.08. The Kier molecular flexibility index (Phi) is 4.46. The van der Waals surface area contributed by atoms with E-state index in [9.17, 15) is 4.79 Å². The molecule has 3 aromatic heterocycles. The van der Waals surface area contributed by atoms with E-state index in [1.54, 1.807) is 35.8 Å². The quantitative estimate of drug-likeness (QED) is 0.708. The van der Waals surface area contributed by atoms with Gasteiger partial charge in [-0.25, -0.2) is 15.0 Å². The smallest absolute Gasteiger partial charge is 0.226 e. The molecule has 25 heavy (non-hydrogen) atoms. The fraction of sp³-hybridized carbons (Fsp3) is 0.294. The van der Waals surface area contributed by atoms with Crippen molar-refractivity contribution in [2.45, 2.75) is 6.92 Å². The minimum Gasteiger partial charge on any atom is -0.339 e. The number of rotatable bonds is 3. The lowest BCUT2D eigenvalue weighted by Crippen LogP contribution is -2.48. The average molecular weight is 371 g/mol. The van der Waals surface area contributed by atoms with Gasteiger partial charge in [0.25, 0.3) is 0 Å². The molecule has 1 saturated heterocycles. The van der Waals surface area contributed by atoms with E-state index in [2.05, 4.69) is 31.7 Å². The molecule has 4 rings (SSSR count). The van der Waals surface area contributed by atoms with Crippen LogP contribution < -0.4 is 4.90 Å². The van der Waals surface area contributed by atoms with Crippen molar-refractivity contribution in [2.75, 3.05) is 31.1 Å². The van der Waals surface area contributed by atoms with Crippen molar-refractivity contribution < 1.29 is 4.79 Å². The Bertz CT molecular complexity index is 855. The molecule has 0 unspecified atom stereocenters. The van der Waals surface area contributed by atoms with Crippen molar-refractivity contribution in [3.63, 3.8) is 0 Å². The van der Waals surface area contributed by atoms with Gasteiger partial charge >= 0.3 is 0 Å². The van der Waals surface area contributed by atoms with E-state index in [0.717, 1.165) is 34.9 Å². The molecule has 8 heteroatoms. The summed E-state index contributed by atoms with van der Waals surface area (Å²) in [5, 5.41) is 7.00. The first-order valence-electron chi connectivity index (χ1n) is 8.02. The Morgan fingerprint density at radius 3 is 2.64 bits per heavy atom. The molecule has 0 radical (unpaired) electrons. The number of thiophene rings is 1. The van der Waals surface area contributed by atoms with Gasteiger partial charge in [0.1, 0.15) is 10.7 Å². The van der Waals surface area contributed by atoms with Crippen LogP contribution in [0.3, 0.4) is 0 Å². The summed E-state index contributed by atoms with van der Waals surface area (Å²) in [6.07, 6.45) is 3.68. The first-order valence-corrected chi connectivity index (χ1v) is 9.84. The Morgan fingerprint density at radius 1 is 1.16 bits per heavy atom. The summed E-state index contributed by atoms with van der Waals surface area (Å²) in [4.78, 5) is 29.3. The molecule has 4 heterocycles. The second-order valence-corrected chi connectivity index (χ2v) is 7.45. The molecule has 1 amide bonds.